The van der Waals surface area contributed by atoms with Gasteiger partial charge in [0, 0.05) is 24.6 Å². The number of nitrogens with one attached hydrogen (secondary N) is 2. The fourth-order valence-electron chi connectivity index (χ4n) is 3.40. The highest BCUT2D eigenvalue weighted by Gasteiger charge is 2.30. The minimum atomic E-state index is -0.331. The summed E-state index contributed by atoms with van der Waals surface area (Å²) in [5.74, 6) is -0.522. The summed E-state index contributed by atoms with van der Waals surface area (Å²) in [6.45, 7) is 4.62. The van der Waals surface area contributed by atoms with Crippen LogP contribution < -0.4 is 16.4 Å². The predicted molar refractivity (Wildman–Crippen MR) is 111 cm³/mol. The van der Waals surface area contributed by atoms with Crippen LogP contribution in [0.2, 0.25) is 0 Å². The van der Waals surface area contributed by atoms with E-state index in [1.54, 1.807) is 12.1 Å². The van der Waals surface area contributed by atoms with Gasteiger partial charge in [0.2, 0.25) is 11.8 Å². The lowest BCUT2D eigenvalue weighted by Gasteiger charge is -2.15. The summed E-state index contributed by atoms with van der Waals surface area (Å²) in [5.41, 5.74) is 9.89. The molecule has 152 valence electrons. The highest BCUT2D eigenvalue weighted by molar-refractivity contribution is 6.03. The van der Waals surface area contributed by atoms with E-state index in [2.05, 4.69) is 36.6 Å². The number of rotatable bonds is 7. The van der Waals surface area contributed by atoms with Gasteiger partial charge in [-0.2, -0.15) is 0 Å². The zero-order valence-corrected chi connectivity index (χ0v) is 16.8. The molecule has 1 fully saturated rings. The second-order valence-electron chi connectivity index (χ2n) is 7.85. The minimum Gasteiger partial charge on any atom is -0.350 e. The summed E-state index contributed by atoms with van der Waals surface area (Å²) < 4.78 is 0. The highest BCUT2D eigenvalue weighted by Crippen LogP contribution is 2.19. The Labute approximate surface area is 170 Å². The van der Waals surface area contributed by atoms with E-state index in [1.807, 2.05) is 24.3 Å². The van der Waals surface area contributed by atoms with Gasteiger partial charge < -0.3 is 11.1 Å². The molecular formula is C23H27N3O3. The van der Waals surface area contributed by atoms with Gasteiger partial charge in [0.15, 0.2) is 0 Å². The summed E-state index contributed by atoms with van der Waals surface area (Å²) in [5, 5.41) is 5.18. The third kappa shape index (κ3) is 5.29. The van der Waals surface area contributed by atoms with Crippen LogP contribution in [0.1, 0.15) is 59.3 Å². The Morgan fingerprint density at radius 1 is 1.07 bits per heavy atom. The van der Waals surface area contributed by atoms with Crippen molar-refractivity contribution in [2.24, 2.45) is 11.7 Å². The number of amides is 3. The molecule has 2 atom stereocenters. The number of hydrogen-bond acceptors (Lipinski definition) is 4. The smallest absolute Gasteiger partial charge is 0.251 e. The molecule has 3 amide bonds. The quantitative estimate of drug-likeness (QED) is 0.629. The van der Waals surface area contributed by atoms with Gasteiger partial charge in [-0.25, -0.2) is 0 Å². The first-order valence-corrected chi connectivity index (χ1v) is 9.89. The lowest BCUT2D eigenvalue weighted by molar-refractivity contribution is -0.125. The topological polar surface area (TPSA) is 101 Å². The third-order valence-electron chi connectivity index (χ3n) is 5.28. The average molecular weight is 393 g/mol. The van der Waals surface area contributed by atoms with Crippen molar-refractivity contribution in [3.8, 4) is 0 Å². The van der Waals surface area contributed by atoms with Crippen LogP contribution in [0.15, 0.2) is 48.5 Å². The first-order valence-electron chi connectivity index (χ1n) is 9.89. The number of nitrogens with two attached hydrogens (primary N) is 1. The zero-order chi connectivity index (χ0) is 21.0. The van der Waals surface area contributed by atoms with Crippen molar-refractivity contribution >= 4 is 17.7 Å². The van der Waals surface area contributed by atoms with Crippen LogP contribution >= 0.6 is 0 Å². The maximum absolute atomic E-state index is 12.4. The van der Waals surface area contributed by atoms with E-state index in [4.69, 9.17) is 5.73 Å². The molecule has 2 unspecified atom stereocenters. The van der Waals surface area contributed by atoms with Gasteiger partial charge in [0.1, 0.15) is 0 Å². The molecule has 0 spiro atoms. The Balaban J connectivity index is 1.52. The molecule has 3 rings (SSSR count). The van der Waals surface area contributed by atoms with Crippen molar-refractivity contribution in [2.75, 3.05) is 6.54 Å². The normalized spacial score (nSPS) is 17.3. The van der Waals surface area contributed by atoms with E-state index in [9.17, 15) is 14.4 Å². The van der Waals surface area contributed by atoms with Gasteiger partial charge in [-0.1, -0.05) is 50.2 Å². The summed E-state index contributed by atoms with van der Waals surface area (Å²) in [4.78, 5) is 35.4. The van der Waals surface area contributed by atoms with E-state index < -0.39 is 0 Å². The van der Waals surface area contributed by atoms with Gasteiger partial charge in [-0.15, -0.1) is 0 Å². The SMILES string of the molecule is CC(C)c1ccc(C(N)CNC(=O)c2ccc(CC3CC(=O)NC3=O)cc2)cc1. The monoisotopic (exact) mass is 393 g/mol. The van der Waals surface area contributed by atoms with Crippen molar-refractivity contribution < 1.29 is 14.4 Å². The Hall–Kier alpha value is -2.99. The Kier molecular flexibility index (Phi) is 6.44. The van der Waals surface area contributed by atoms with E-state index in [0.717, 1.165) is 11.1 Å². The van der Waals surface area contributed by atoms with Crippen LogP contribution in [0.4, 0.5) is 0 Å². The zero-order valence-electron chi connectivity index (χ0n) is 16.8. The van der Waals surface area contributed by atoms with Crippen molar-refractivity contribution in [3.63, 3.8) is 0 Å². The molecule has 2 aromatic rings. The minimum absolute atomic E-state index is 0.195. The fourth-order valence-corrected chi connectivity index (χ4v) is 3.40. The van der Waals surface area contributed by atoms with Crippen LogP contribution in [0.5, 0.6) is 0 Å². The van der Waals surface area contributed by atoms with E-state index in [-0.39, 0.29) is 36.1 Å². The van der Waals surface area contributed by atoms with Crippen molar-refractivity contribution in [1.29, 1.82) is 0 Å². The molecule has 2 aromatic carbocycles. The third-order valence-corrected chi connectivity index (χ3v) is 5.28. The molecule has 0 bridgehead atoms. The van der Waals surface area contributed by atoms with Crippen molar-refractivity contribution in [1.82, 2.24) is 10.6 Å². The summed E-state index contributed by atoms with van der Waals surface area (Å²) >= 11 is 0. The molecule has 0 radical (unpaired) electrons. The van der Waals surface area contributed by atoms with Gasteiger partial charge in [-0.05, 0) is 41.2 Å². The van der Waals surface area contributed by atoms with E-state index >= 15 is 0 Å². The van der Waals surface area contributed by atoms with Crippen LogP contribution in [-0.2, 0) is 16.0 Å². The molecule has 1 heterocycles. The molecule has 1 aliphatic rings. The first kappa shape index (κ1) is 20.7. The van der Waals surface area contributed by atoms with Crippen LogP contribution in [0.25, 0.3) is 0 Å². The lowest BCUT2D eigenvalue weighted by Crippen LogP contribution is -2.31. The number of carbonyl (C=O) groups excluding carboxylic acids is 3. The molecular weight excluding hydrogens is 366 g/mol. The van der Waals surface area contributed by atoms with E-state index in [1.165, 1.54) is 5.56 Å². The van der Waals surface area contributed by atoms with Crippen LogP contribution in [0.3, 0.4) is 0 Å². The molecule has 1 aliphatic heterocycles. The maximum Gasteiger partial charge on any atom is 0.251 e. The van der Waals surface area contributed by atoms with Crippen molar-refractivity contribution in [2.45, 2.75) is 38.6 Å². The number of imide groups is 1. The maximum atomic E-state index is 12.4. The molecule has 6 heteroatoms. The molecule has 6 nitrogen and oxygen atoms in total. The molecule has 0 aliphatic carbocycles. The van der Waals surface area contributed by atoms with Gasteiger partial charge in [-0.3, -0.25) is 19.7 Å². The summed E-state index contributed by atoms with van der Waals surface area (Å²) in [7, 11) is 0. The molecule has 1 saturated heterocycles. The lowest BCUT2D eigenvalue weighted by atomic mass is 9.97. The summed E-state index contributed by atoms with van der Waals surface area (Å²) in [6, 6.07) is 14.9. The number of carbonyl (C=O) groups is 3. The van der Waals surface area contributed by atoms with Crippen molar-refractivity contribution in [3.05, 3.63) is 70.8 Å². The number of hydrogen-bond donors (Lipinski definition) is 3. The molecule has 0 aromatic heterocycles. The average Bonchev–Trinajstić information content (AvgIpc) is 3.03. The van der Waals surface area contributed by atoms with Crippen LogP contribution in [0, 0.1) is 5.92 Å². The number of benzene rings is 2. The summed E-state index contributed by atoms with van der Waals surface area (Å²) in [6.07, 6.45) is 0.702. The van der Waals surface area contributed by atoms with Crippen LogP contribution in [-0.4, -0.2) is 24.3 Å². The molecule has 0 saturated carbocycles. The molecule has 29 heavy (non-hydrogen) atoms. The Morgan fingerprint density at radius 2 is 1.69 bits per heavy atom. The predicted octanol–water partition coefficient (Wildman–Crippen LogP) is 2.45. The second kappa shape index (κ2) is 9.01. The first-order chi connectivity index (χ1) is 13.8. The van der Waals surface area contributed by atoms with E-state index in [0.29, 0.717) is 24.4 Å². The second-order valence-corrected chi connectivity index (χ2v) is 7.85. The standard InChI is InChI=1S/C23H27N3O3/c1-14(2)16-7-9-17(10-8-16)20(24)13-25-22(28)18-5-3-15(4-6-18)11-19-12-21(27)26-23(19)29/h3-10,14,19-20H,11-13,24H2,1-2H3,(H,25,28)(H,26,27,29). The fraction of sp³-hybridized carbons (Fsp3) is 0.348. The largest absolute Gasteiger partial charge is 0.350 e. The Morgan fingerprint density at radius 3 is 2.24 bits per heavy atom. The highest BCUT2D eigenvalue weighted by atomic mass is 16.2. The molecule has 4 N–H and O–H groups in total. The Bertz CT molecular complexity index is 889. The van der Waals surface area contributed by atoms with Gasteiger partial charge >= 0.3 is 0 Å². The van der Waals surface area contributed by atoms with Gasteiger partial charge in [0.05, 0.1) is 5.92 Å². The van der Waals surface area contributed by atoms with Gasteiger partial charge in [0.25, 0.3) is 5.91 Å².